The van der Waals surface area contributed by atoms with Gasteiger partial charge in [-0.1, -0.05) is 36.4 Å². The summed E-state index contributed by atoms with van der Waals surface area (Å²) >= 11 is 1.39. The van der Waals surface area contributed by atoms with Gasteiger partial charge in [0.1, 0.15) is 10.7 Å². The summed E-state index contributed by atoms with van der Waals surface area (Å²) in [4.78, 5) is 28.1. The zero-order valence-corrected chi connectivity index (χ0v) is 14.1. The van der Waals surface area contributed by atoms with E-state index in [1.54, 1.807) is 23.7 Å². The summed E-state index contributed by atoms with van der Waals surface area (Å²) in [7, 11) is 0. The Labute approximate surface area is 148 Å². The Hall–Kier alpha value is -2.77. The van der Waals surface area contributed by atoms with E-state index in [9.17, 15) is 14.7 Å². The van der Waals surface area contributed by atoms with Crippen molar-refractivity contribution in [2.45, 2.75) is 12.6 Å². The molecule has 1 amide bonds. The van der Waals surface area contributed by atoms with Crippen LogP contribution in [0.4, 0.5) is 0 Å². The molecule has 2 heterocycles. The second-order valence-electron chi connectivity index (χ2n) is 5.46. The number of amides is 1. The zero-order chi connectivity index (χ0) is 17.6. The topological polar surface area (TPSA) is 84.2 Å². The average Bonchev–Trinajstić information content (AvgIpc) is 3.13. The molecule has 0 aliphatic heterocycles. The molecule has 3 aromatic rings. The van der Waals surface area contributed by atoms with Crippen LogP contribution >= 0.6 is 11.3 Å². The Kier molecular flexibility index (Phi) is 5.37. The molecule has 0 saturated heterocycles. The molecule has 2 aromatic heterocycles. The predicted octanol–water partition coefficient (Wildman–Crippen LogP) is 1.76. The van der Waals surface area contributed by atoms with E-state index in [1.807, 2.05) is 30.3 Å². The van der Waals surface area contributed by atoms with Crippen molar-refractivity contribution in [1.29, 1.82) is 0 Å². The maximum absolute atomic E-state index is 12.2. The van der Waals surface area contributed by atoms with Crippen molar-refractivity contribution in [2.24, 2.45) is 0 Å². The number of aromatic nitrogens is 2. The normalized spacial score (nSPS) is 11.9. The first kappa shape index (κ1) is 17.1. The maximum atomic E-state index is 12.2. The second-order valence-corrected chi connectivity index (χ2v) is 6.32. The highest BCUT2D eigenvalue weighted by atomic mass is 32.1. The zero-order valence-electron chi connectivity index (χ0n) is 13.3. The van der Waals surface area contributed by atoms with E-state index in [2.05, 4.69) is 10.3 Å². The first-order valence-corrected chi connectivity index (χ1v) is 8.64. The number of aliphatic hydroxyl groups is 1. The third-order valence-electron chi connectivity index (χ3n) is 3.56. The third-order valence-corrected chi connectivity index (χ3v) is 4.45. The van der Waals surface area contributed by atoms with E-state index < -0.39 is 6.10 Å². The fraction of sp³-hybridized carbons (Fsp3) is 0.167. The van der Waals surface area contributed by atoms with Gasteiger partial charge in [-0.3, -0.25) is 9.59 Å². The predicted molar refractivity (Wildman–Crippen MR) is 96.6 cm³/mol. The largest absolute Gasteiger partial charge is 0.389 e. The van der Waals surface area contributed by atoms with Gasteiger partial charge in [0.05, 0.1) is 12.6 Å². The van der Waals surface area contributed by atoms with Crippen LogP contribution in [-0.4, -0.2) is 33.2 Å². The number of carbonyl (C=O) groups excluding carboxylic acids is 1. The maximum Gasteiger partial charge on any atom is 0.270 e. The van der Waals surface area contributed by atoms with E-state index in [-0.39, 0.29) is 24.6 Å². The highest BCUT2D eigenvalue weighted by Crippen LogP contribution is 2.23. The molecule has 3 rings (SSSR count). The van der Waals surface area contributed by atoms with Crippen LogP contribution in [0.1, 0.15) is 10.5 Å². The van der Waals surface area contributed by atoms with Gasteiger partial charge in [0.25, 0.3) is 11.5 Å². The lowest BCUT2D eigenvalue weighted by Crippen LogP contribution is -2.36. The van der Waals surface area contributed by atoms with Crippen LogP contribution in [0.2, 0.25) is 0 Å². The number of pyridine rings is 1. The summed E-state index contributed by atoms with van der Waals surface area (Å²) in [6.45, 7) is 0.157. The Morgan fingerprint density at radius 2 is 1.96 bits per heavy atom. The Bertz CT molecular complexity index is 905. The van der Waals surface area contributed by atoms with Crippen molar-refractivity contribution >= 4 is 17.2 Å². The molecule has 0 bridgehead atoms. The molecule has 128 valence electrons. The molecule has 25 heavy (non-hydrogen) atoms. The summed E-state index contributed by atoms with van der Waals surface area (Å²) in [5.41, 5.74) is 1.07. The minimum atomic E-state index is -0.865. The van der Waals surface area contributed by atoms with Crippen molar-refractivity contribution in [3.05, 3.63) is 76.2 Å². The molecule has 0 spiro atoms. The van der Waals surface area contributed by atoms with Crippen LogP contribution in [0.3, 0.4) is 0 Å². The highest BCUT2D eigenvalue weighted by Gasteiger charge is 2.13. The standard InChI is InChI=1S/C18H17N3O3S/c22-14(11-21-9-5-4-8-16(21)23)10-19-17(24)15-12-25-18(20-15)13-6-2-1-3-7-13/h1-9,12,14,22H,10-11H2,(H,19,24). The van der Waals surface area contributed by atoms with Crippen LogP contribution in [0.15, 0.2) is 64.9 Å². The number of rotatable bonds is 6. The molecule has 1 aromatic carbocycles. The molecule has 2 N–H and O–H groups in total. The van der Waals surface area contributed by atoms with E-state index in [4.69, 9.17) is 0 Å². The monoisotopic (exact) mass is 355 g/mol. The number of aliphatic hydroxyl groups excluding tert-OH is 1. The van der Waals surface area contributed by atoms with Gasteiger partial charge < -0.3 is 15.0 Å². The van der Waals surface area contributed by atoms with Gasteiger partial charge in [-0.05, 0) is 6.07 Å². The summed E-state index contributed by atoms with van der Waals surface area (Å²) in [6.07, 6.45) is 0.733. The number of carbonyl (C=O) groups is 1. The van der Waals surface area contributed by atoms with Crippen LogP contribution < -0.4 is 10.9 Å². The minimum Gasteiger partial charge on any atom is -0.389 e. The van der Waals surface area contributed by atoms with Crippen molar-refractivity contribution < 1.29 is 9.90 Å². The summed E-state index contributed by atoms with van der Waals surface area (Å²) < 4.78 is 1.40. The van der Waals surface area contributed by atoms with Crippen LogP contribution in [0, 0.1) is 0 Å². The van der Waals surface area contributed by atoms with Crippen LogP contribution in [-0.2, 0) is 6.54 Å². The molecular weight excluding hydrogens is 338 g/mol. The minimum absolute atomic E-state index is 0.0400. The summed E-state index contributed by atoms with van der Waals surface area (Å²) in [5.74, 6) is -0.349. The van der Waals surface area contributed by atoms with Crippen LogP contribution in [0.25, 0.3) is 10.6 Å². The first-order chi connectivity index (χ1) is 12.1. The van der Waals surface area contributed by atoms with Gasteiger partial charge in [-0.25, -0.2) is 4.98 Å². The third kappa shape index (κ3) is 4.40. The molecule has 0 radical (unpaired) electrons. The molecular formula is C18H17N3O3S. The number of nitrogens with one attached hydrogen (secondary N) is 1. The lowest BCUT2D eigenvalue weighted by Gasteiger charge is -2.12. The van der Waals surface area contributed by atoms with E-state index in [1.165, 1.54) is 22.0 Å². The van der Waals surface area contributed by atoms with Gasteiger partial charge in [0.15, 0.2) is 0 Å². The first-order valence-electron chi connectivity index (χ1n) is 7.76. The number of benzene rings is 1. The molecule has 0 aliphatic carbocycles. The van der Waals surface area contributed by atoms with Gasteiger partial charge in [-0.2, -0.15) is 0 Å². The molecule has 0 saturated carbocycles. The van der Waals surface area contributed by atoms with E-state index in [0.717, 1.165) is 10.6 Å². The smallest absolute Gasteiger partial charge is 0.270 e. The average molecular weight is 355 g/mol. The number of hydrogen-bond donors (Lipinski definition) is 2. The fourth-order valence-electron chi connectivity index (χ4n) is 2.30. The van der Waals surface area contributed by atoms with Gasteiger partial charge in [-0.15, -0.1) is 11.3 Å². The highest BCUT2D eigenvalue weighted by molar-refractivity contribution is 7.13. The summed E-state index contributed by atoms with van der Waals surface area (Å²) in [5, 5.41) is 15.1. The van der Waals surface area contributed by atoms with Gasteiger partial charge >= 0.3 is 0 Å². The second kappa shape index (κ2) is 7.87. The molecule has 1 unspecified atom stereocenters. The summed E-state index contributed by atoms with van der Waals surface area (Å²) in [6, 6.07) is 14.4. The van der Waals surface area contributed by atoms with Crippen molar-refractivity contribution in [2.75, 3.05) is 6.54 Å². The molecule has 6 nitrogen and oxygen atoms in total. The van der Waals surface area contributed by atoms with Crippen molar-refractivity contribution in [3.63, 3.8) is 0 Å². The quantitative estimate of drug-likeness (QED) is 0.706. The van der Waals surface area contributed by atoms with E-state index >= 15 is 0 Å². The van der Waals surface area contributed by atoms with Crippen LogP contribution in [0.5, 0.6) is 0 Å². The Morgan fingerprint density at radius 1 is 1.20 bits per heavy atom. The van der Waals surface area contributed by atoms with Crippen molar-refractivity contribution in [1.82, 2.24) is 14.9 Å². The molecule has 0 fully saturated rings. The lowest BCUT2D eigenvalue weighted by atomic mass is 10.2. The lowest BCUT2D eigenvalue weighted by molar-refractivity contribution is 0.0899. The number of hydrogen-bond acceptors (Lipinski definition) is 5. The molecule has 0 aliphatic rings. The fourth-order valence-corrected chi connectivity index (χ4v) is 3.10. The Morgan fingerprint density at radius 3 is 2.72 bits per heavy atom. The van der Waals surface area contributed by atoms with Gasteiger partial charge in [0, 0.05) is 29.8 Å². The Balaban J connectivity index is 1.57. The molecule has 1 atom stereocenters. The number of nitrogens with zero attached hydrogens (tertiary/aromatic N) is 2. The molecule has 7 heteroatoms. The van der Waals surface area contributed by atoms with Crippen molar-refractivity contribution in [3.8, 4) is 10.6 Å². The van der Waals surface area contributed by atoms with E-state index in [0.29, 0.717) is 5.69 Å². The SMILES string of the molecule is O=C(NCC(O)Cn1ccccc1=O)c1csc(-c2ccccc2)n1. The number of thiazole rings is 1. The van der Waals surface area contributed by atoms with Gasteiger partial charge in [0.2, 0.25) is 0 Å².